The second-order valence-electron chi connectivity index (χ2n) is 10.2. The summed E-state index contributed by atoms with van der Waals surface area (Å²) in [5, 5.41) is 7.20. The fourth-order valence-electron chi connectivity index (χ4n) is 4.67. The smallest absolute Gasteiger partial charge is 0.270 e. The molecule has 2 aromatic carbocycles. The van der Waals surface area contributed by atoms with E-state index in [9.17, 15) is 4.79 Å². The number of carbonyl (C=O) groups excluding carboxylic acids is 1. The van der Waals surface area contributed by atoms with E-state index in [1.807, 2.05) is 33.8 Å². The van der Waals surface area contributed by atoms with Gasteiger partial charge in [-0.15, -0.1) is 0 Å². The van der Waals surface area contributed by atoms with E-state index in [0.717, 1.165) is 63.9 Å². The summed E-state index contributed by atoms with van der Waals surface area (Å²) in [7, 11) is 0. The predicted octanol–water partition coefficient (Wildman–Crippen LogP) is 7.28. The van der Waals surface area contributed by atoms with Gasteiger partial charge in [0.1, 0.15) is 17.3 Å². The monoisotopic (exact) mass is 545 g/mol. The molecule has 4 rings (SSSR count). The third kappa shape index (κ3) is 6.38. The molecule has 0 radical (unpaired) electrons. The second kappa shape index (κ2) is 12.6. The molecule has 4 aromatic rings. The molecule has 0 atom stereocenters. The molecular weight excluding hydrogens is 506 g/mol. The first-order valence-electron chi connectivity index (χ1n) is 13.7. The SMILES string of the molecule is CCCc1nc(CC)c(C(=O)NC(C)C)n1Cc1ccc(-c2ccccc2SNc2noc(C)c2C)c(C)c1. The molecule has 2 heterocycles. The average Bonchev–Trinajstić information content (AvgIpc) is 3.41. The van der Waals surface area contributed by atoms with Gasteiger partial charge in [0.25, 0.3) is 5.91 Å². The standard InChI is InChI=1S/C31H39N5O2S/c1-8-12-28-33-26(9-2)29(31(37)32-19(3)4)36(28)18-23-15-16-24(20(5)17-23)25-13-10-11-14-27(25)39-35-30-21(6)22(7)38-34-30/h10-11,13-17,19H,8-9,12,18H2,1-7H3,(H,32,37)(H,34,35). The Kier molecular flexibility index (Phi) is 9.17. The van der Waals surface area contributed by atoms with Crippen LogP contribution in [0.1, 0.15) is 78.6 Å². The molecule has 0 saturated heterocycles. The van der Waals surface area contributed by atoms with Crippen LogP contribution in [0.15, 0.2) is 51.9 Å². The highest BCUT2D eigenvalue weighted by molar-refractivity contribution is 8.00. The molecular formula is C31H39N5O2S. The van der Waals surface area contributed by atoms with Crippen molar-refractivity contribution in [3.05, 3.63) is 82.1 Å². The van der Waals surface area contributed by atoms with E-state index in [4.69, 9.17) is 9.51 Å². The second-order valence-corrected chi connectivity index (χ2v) is 11.1. The minimum Gasteiger partial charge on any atom is -0.359 e. The molecule has 206 valence electrons. The van der Waals surface area contributed by atoms with Crippen molar-refractivity contribution in [3.63, 3.8) is 0 Å². The number of carbonyl (C=O) groups is 1. The first kappa shape index (κ1) is 28.5. The zero-order chi connectivity index (χ0) is 28.1. The highest BCUT2D eigenvalue weighted by Gasteiger charge is 2.23. The van der Waals surface area contributed by atoms with Crippen molar-refractivity contribution in [1.29, 1.82) is 0 Å². The van der Waals surface area contributed by atoms with Crippen LogP contribution in [0, 0.1) is 20.8 Å². The Morgan fingerprint density at radius 3 is 2.49 bits per heavy atom. The number of aryl methyl sites for hydroxylation is 4. The van der Waals surface area contributed by atoms with Gasteiger partial charge in [-0.2, -0.15) is 0 Å². The van der Waals surface area contributed by atoms with Crippen LogP contribution >= 0.6 is 11.9 Å². The summed E-state index contributed by atoms with van der Waals surface area (Å²) in [5.74, 6) is 2.47. The van der Waals surface area contributed by atoms with Gasteiger partial charge in [-0.1, -0.05) is 55.4 Å². The fourth-order valence-corrected chi connectivity index (χ4v) is 5.50. The Bertz CT molecular complexity index is 1450. The normalized spacial score (nSPS) is 11.3. The van der Waals surface area contributed by atoms with E-state index in [0.29, 0.717) is 12.2 Å². The van der Waals surface area contributed by atoms with Crippen LogP contribution in [0.4, 0.5) is 5.82 Å². The van der Waals surface area contributed by atoms with Crippen LogP contribution in [0.5, 0.6) is 0 Å². The number of nitrogens with one attached hydrogen (secondary N) is 2. The fraction of sp³-hybridized carbons (Fsp3) is 0.387. The van der Waals surface area contributed by atoms with Gasteiger partial charge in [0.2, 0.25) is 0 Å². The van der Waals surface area contributed by atoms with Crippen molar-refractivity contribution in [1.82, 2.24) is 20.0 Å². The van der Waals surface area contributed by atoms with Crippen LogP contribution in [0.3, 0.4) is 0 Å². The maximum Gasteiger partial charge on any atom is 0.270 e. The molecule has 2 aromatic heterocycles. The maximum atomic E-state index is 13.2. The van der Waals surface area contributed by atoms with Crippen molar-refractivity contribution in [2.75, 3.05) is 4.72 Å². The Morgan fingerprint density at radius 2 is 1.85 bits per heavy atom. The highest BCUT2D eigenvalue weighted by atomic mass is 32.2. The summed E-state index contributed by atoms with van der Waals surface area (Å²) in [4.78, 5) is 19.2. The molecule has 8 heteroatoms. The third-order valence-electron chi connectivity index (χ3n) is 6.79. The van der Waals surface area contributed by atoms with E-state index in [2.05, 4.69) is 76.9 Å². The molecule has 0 saturated carbocycles. The lowest BCUT2D eigenvalue weighted by Gasteiger charge is -2.16. The van der Waals surface area contributed by atoms with Crippen molar-refractivity contribution in [2.24, 2.45) is 0 Å². The summed E-state index contributed by atoms with van der Waals surface area (Å²) < 4.78 is 10.8. The average molecular weight is 546 g/mol. The summed E-state index contributed by atoms with van der Waals surface area (Å²) in [6, 6.07) is 15.0. The number of aromatic nitrogens is 3. The predicted molar refractivity (Wildman–Crippen MR) is 159 cm³/mol. The summed E-state index contributed by atoms with van der Waals surface area (Å²) in [5.41, 5.74) is 7.19. The van der Waals surface area contributed by atoms with Gasteiger partial charge in [0.15, 0.2) is 5.82 Å². The van der Waals surface area contributed by atoms with E-state index in [-0.39, 0.29) is 11.9 Å². The van der Waals surface area contributed by atoms with Crippen LogP contribution < -0.4 is 10.0 Å². The van der Waals surface area contributed by atoms with Crippen molar-refractivity contribution in [2.45, 2.75) is 85.2 Å². The number of benzene rings is 2. The molecule has 0 unspecified atom stereocenters. The zero-order valence-electron chi connectivity index (χ0n) is 24.0. The van der Waals surface area contributed by atoms with Crippen LogP contribution in [-0.4, -0.2) is 26.7 Å². The van der Waals surface area contributed by atoms with Crippen molar-refractivity contribution in [3.8, 4) is 11.1 Å². The first-order chi connectivity index (χ1) is 18.7. The van der Waals surface area contributed by atoms with Gasteiger partial charge in [-0.25, -0.2) is 4.98 Å². The minimum atomic E-state index is -0.0546. The lowest BCUT2D eigenvalue weighted by Crippen LogP contribution is -2.32. The first-order valence-corrected chi connectivity index (χ1v) is 14.5. The van der Waals surface area contributed by atoms with Gasteiger partial charge in [0, 0.05) is 29.5 Å². The molecule has 0 aliphatic rings. The minimum absolute atomic E-state index is 0.0546. The Balaban J connectivity index is 1.64. The molecule has 39 heavy (non-hydrogen) atoms. The van der Waals surface area contributed by atoms with Crippen LogP contribution in [0.25, 0.3) is 11.1 Å². The summed E-state index contributed by atoms with van der Waals surface area (Å²) in [6.07, 6.45) is 2.53. The van der Waals surface area contributed by atoms with Gasteiger partial charge < -0.3 is 19.1 Å². The van der Waals surface area contributed by atoms with Crippen molar-refractivity contribution < 1.29 is 9.32 Å². The number of amides is 1. The number of anilines is 1. The molecule has 0 aliphatic heterocycles. The van der Waals surface area contributed by atoms with Gasteiger partial charge >= 0.3 is 0 Å². The number of hydrogen-bond donors (Lipinski definition) is 2. The summed E-state index contributed by atoms with van der Waals surface area (Å²) in [6.45, 7) is 14.8. The van der Waals surface area contributed by atoms with E-state index in [1.54, 1.807) is 0 Å². The number of imidazole rings is 1. The lowest BCUT2D eigenvalue weighted by atomic mass is 9.98. The van der Waals surface area contributed by atoms with E-state index in [1.165, 1.54) is 23.1 Å². The topological polar surface area (TPSA) is 85.0 Å². The molecule has 0 bridgehead atoms. The van der Waals surface area contributed by atoms with Gasteiger partial charge in [0.05, 0.1) is 5.69 Å². The largest absolute Gasteiger partial charge is 0.359 e. The zero-order valence-corrected chi connectivity index (χ0v) is 24.8. The Hall–Kier alpha value is -3.52. The van der Waals surface area contributed by atoms with Crippen LogP contribution in [0.2, 0.25) is 0 Å². The number of nitrogens with zero attached hydrogens (tertiary/aromatic N) is 3. The molecule has 1 amide bonds. The summed E-state index contributed by atoms with van der Waals surface area (Å²) >= 11 is 1.53. The third-order valence-corrected chi connectivity index (χ3v) is 7.66. The quantitative estimate of drug-likeness (QED) is 0.193. The molecule has 7 nitrogen and oxygen atoms in total. The number of rotatable bonds is 11. The van der Waals surface area contributed by atoms with Crippen LogP contribution in [-0.2, 0) is 19.4 Å². The molecule has 0 spiro atoms. The maximum absolute atomic E-state index is 13.2. The lowest BCUT2D eigenvalue weighted by molar-refractivity contribution is 0.0932. The van der Waals surface area contributed by atoms with E-state index >= 15 is 0 Å². The number of hydrogen-bond acceptors (Lipinski definition) is 6. The van der Waals surface area contributed by atoms with Gasteiger partial charge in [-0.05, 0) is 87.7 Å². The molecule has 2 N–H and O–H groups in total. The molecule has 0 fully saturated rings. The van der Waals surface area contributed by atoms with E-state index < -0.39 is 0 Å². The van der Waals surface area contributed by atoms with Crippen molar-refractivity contribution >= 4 is 23.7 Å². The highest BCUT2D eigenvalue weighted by Crippen LogP contribution is 2.35. The molecule has 0 aliphatic carbocycles. The Labute approximate surface area is 235 Å². The van der Waals surface area contributed by atoms with Gasteiger partial charge in [-0.3, -0.25) is 4.79 Å². The Morgan fingerprint density at radius 1 is 1.08 bits per heavy atom.